The van der Waals surface area contributed by atoms with Gasteiger partial charge in [0.15, 0.2) is 31.5 Å². The first kappa shape index (κ1) is 103. The normalized spacial score (nSPS) is 35.6. The lowest BCUT2D eigenvalue weighted by Gasteiger charge is -2.42. The minimum atomic E-state index is -1.77. The number of aliphatic hydroxyl groups excluding tert-OH is 16. The van der Waals surface area contributed by atoms with Gasteiger partial charge in [0.1, 0.15) is 135 Å². The van der Waals surface area contributed by atoms with Crippen molar-refractivity contribution in [1.82, 2.24) is 0 Å². The average Bonchev–Trinajstić information content (AvgIpc) is 0.833. The summed E-state index contributed by atoms with van der Waals surface area (Å²) in [5.74, 6) is -1.54. The SMILES string of the molecule is CO[C@@H]1[C@@H](O[C@H](CCCCCCCCCCCCC[C@H]2CC(=O)OC[C@@H]3O[C@H](O[C@H](CCCCCCCCCCCCCCC[C@H](CCCCC[C@@H](C)O[C@H]4O[C@@H](CO)[C@H](O)[C@H](O)[C@H]4OC)O[C@H]4O[C@@H](CO)[C@H](O)[C@H](O)[C@H]4OC)CC(=O)OC[C@@H]4O[C@@H](O2)[C@H](O)[C@@H](O)[C@@H]4O)[C@@H](O)[C@@H](O)[C@H]3O)CCCCC[C@H](C)O)O[C@@H](CO)[C@@H](O)[C@H]1O. The van der Waals surface area contributed by atoms with Crippen molar-refractivity contribution < 1.29 is 162 Å². The van der Waals surface area contributed by atoms with Gasteiger partial charge in [-0.05, 0) is 65.2 Å². The van der Waals surface area contributed by atoms with Crippen LogP contribution < -0.4 is 0 Å². The van der Waals surface area contributed by atoms with E-state index in [4.69, 9.17) is 71.1 Å². The number of ether oxygens (including phenoxy) is 15. The molecule has 6 fully saturated rings. The van der Waals surface area contributed by atoms with Crippen LogP contribution in [0, 0.1) is 0 Å². The van der Waals surface area contributed by atoms with Gasteiger partial charge in [-0.15, -0.1) is 0 Å². The Labute approximate surface area is 686 Å². The van der Waals surface area contributed by atoms with Gasteiger partial charge in [-0.2, -0.15) is 0 Å². The summed E-state index contributed by atoms with van der Waals surface area (Å²) < 4.78 is 88.3. The zero-order chi connectivity index (χ0) is 84.5. The molecule has 6 aliphatic heterocycles. The van der Waals surface area contributed by atoms with Crippen LogP contribution in [0.3, 0.4) is 0 Å². The first-order valence-electron chi connectivity index (χ1n) is 44.0. The Morgan fingerprint density at radius 2 is 0.595 bits per heavy atom. The highest BCUT2D eigenvalue weighted by molar-refractivity contribution is 5.70. The molecule has 0 radical (unpaired) electrons. The highest BCUT2D eigenvalue weighted by Crippen LogP contribution is 2.34. The molecule has 682 valence electrons. The summed E-state index contributed by atoms with van der Waals surface area (Å²) in [6.07, 6.45) is -3.24. The quantitative estimate of drug-likeness (QED) is 0.0302. The van der Waals surface area contributed by atoms with Crippen LogP contribution in [-0.2, 0) is 80.6 Å². The second-order valence-corrected chi connectivity index (χ2v) is 33.3. The number of esters is 2. The molecule has 4 bridgehead atoms. The van der Waals surface area contributed by atoms with Gasteiger partial charge in [0.25, 0.3) is 0 Å². The molecule has 0 aliphatic carbocycles. The largest absolute Gasteiger partial charge is 0.463 e. The van der Waals surface area contributed by atoms with Crippen molar-refractivity contribution in [3.8, 4) is 0 Å². The lowest BCUT2D eigenvalue weighted by Crippen LogP contribution is -2.60. The molecule has 33 heteroatoms. The molecule has 0 aromatic heterocycles. The predicted octanol–water partition coefficient (Wildman–Crippen LogP) is 3.99. The number of cyclic esters (lactones) is 2. The highest BCUT2D eigenvalue weighted by atomic mass is 16.8. The van der Waals surface area contributed by atoms with E-state index in [0.29, 0.717) is 38.5 Å². The van der Waals surface area contributed by atoms with Crippen LogP contribution in [0.15, 0.2) is 0 Å². The van der Waals surface area contributed by atoms with Crippen molar-refractivity contribution in [3.05, 3.63) is 0 Å². The predicted molar refractivity (Wildman–Crippen MR) is 417 cm³/mol. The molecule has 0 spiro atoms. The smallest absolute Gasteiger partial charge is 0.308 e. The molecule has 0 saturated carbocycles. The van der Waals surface area contributed by atoms with Crippen molar-refractivity contribution in [2.45, 2.75) is 461 Å². The Balaban J connectivity index is 0.871. The molecular formula is C83H152O33. The molecule has 6 heterocycles. The molecule has 33 nitrogen and oxygen atoms in total. The molecular weight excluding hydrogens is 1520 g/mol. The van der Waals surface area contributed by atoms with E-state index in [1.165, 1.54) is 21.3 Å². The molecule has 16 N–H and O–H groups in total. The number of carbonyl (C=O) groups is 2. The molecule has 6 aliphatic rings. The number of fused-ring (bicyclic) bond motifs is 4. The average molecular weight is 1680 g/mol. The van der Waals surface area contributed by atoms with E-state index in [2.05, 4.69) is 0 Å². The minimum absolute atomic E-state index is 0.187. The molecule has 0 aromatic carbocycles. The van der Waals surface area contributed by atoms with Crippen molar-refractivity contribution in [2.75, 3.05) is 54.4 Å². The Morgan fingerprint density at radius 1 is 0.319 bits per heavy atom. The summed E-state index contributed by atoms with van der Waals surface area (Å²) in [6, 6.07) is 0. The van der Waals surface area contributed by atoms with Crippen LogP contribution in [0.2, 0.25) is 0 Å². The van der Waals surface area contributed by atoms with Crippen LogP contribution in [0.5, 0.6) is 0 Å². The highest BCUT2D eigenvalue weighted by Gasteiger charge is 2.51. The van der Waals surface area contributed by atoms with Crippen LogP contribution in [-0.4, -0.2) is 338 Å². The van der Waals surface area contributed by atoms with Gasteiger partial charge < -0.3 is 153 Å². The Morgan fingerprint density at radius 3 is 0.897 bits per heavy atom. The number of rotatable bonds is 54. The van der Waals surface area contributed by atoms with Gasteiger partial charge in [-0.3, -0.25) is 9.59 Å². The second-order valence-electron chi connectivity index (χ2n) is 33.3. The third-order valence-electron chi connectivity index (χ3n) is 23.8. The summed E-state index contributed by atoms with van der Waals surface area (Å²) in [7, 11) is 4.22. The van der Waals surface area contributed by atoms with Crippen molar-refractivity contribution in [3.63, 3.8) is 0 Å². The van der Waals surface area contributed by atoms with E-state index >= 15 is 0 Å². The minimum Gasteiger partial charge on any atom is -0.463 e. The third kappa shape index (κ3) is 35.1. The zero-order valence-electron chi connectivity index (χ0n) is 69.8. The number of carbonyl (C=O) groups excluding carboxylic acids is 2. The molecule has 6 saturated heterocycles. The lowest BCUT2D eigenvalue weighted by molar-refractivity contribution is -0.316. The summed E-state index contributed by atoms with van der Waals surface area (Å²) in [5.41, 5.74) is 0. The summed E-state index contributed by atoms with van der Waals surface area (Å²) in [5, 5.41) is 169. The van der Waals surface area contributed by atoms with Gasteiger partial charge >= 0.3 is 11.9 Å². The maximum atomic E-state index is 13.6. The van der Waals surface area contributed by atoms with Crippen LogP contribution in [0.1, 0.15) is 271 Å². The van der Waals surface area contributed by atoms with Crippen LogP contribution in [0.25, 0.3) is 0 Å². The third-order valence-corrected chi connectivity index (χ3v) is 23.8. The van der Waals surface area contributed by atoms with E-state index in [9.17, 15) is 91.3 Å². The van der Waals surface area contributed by atoms with Gasteiger partial charge in [-0.25, -0.2) is 0 Å². The first-order chi connectivity index (χ1) is 55.9. The fourth-order valence-electron chi connectivity index (χ4n) is 16.5. The summed E-state index contributed by atoms with van der Waals surface area (Å²) >= 11 is 0. The molecule has 31 atom stereocenters. The first-order valence-corrected chi connectivity index (χ1v) is 44.0. The molecule has 0 aromatic rings. The fourth-order valence-corrected chi connectivity index (χ4v) is 16.5. The monoisotopic (exact) mass is 1680 g/mol. The lowest BCUT2D eigenvalue weighted by atomic mass is 9.98. The number of hydrogen-bond acceptors (Lipinski definition) is 33. The second kappa shape index (κ2) is 57.3. The summed E-state index contributed by atoms with van der Waals surface area (Å²) in [4.78, 5) is 27.2. The van der Waals surface area contributed by atoms with E-state index in [0.717, 1.165) is 205 Å². The summed E-state index contributed by atoms with van der Waals surface area (Å²) in [6.45, 7) is 1.10. The zero-order valence-corrected chi connectivity index (χ0v) is 69.8. The standard InChI is InChI=1S/C83H152O33/c1-51(87)36-28-26-34-40-53(108-82-77(103-4)72(98)65(91)58(47-85)113-82)38-30-22-19-15-12-9-13-17-21-25-33-43-56-45-63(89)106-50-60-67(93)69(95)74(100)79(115-60)110-55(44-62(88)105-49-61-68(94)70(96)75(101)80(111-56)116-61)42-32-24-20-16-11-8-6-7-10-14-18-23-31-39-54(109-83-78(104-5)73(99)66(92)59(48-86)114-83)41-35-27-29-37-52(2)107-81-76(102-3)71(97)64(90)57(46-84)112-81/h51-61,64-87,90-101H,6-50H2,1-5H3/t51-,52+,53+,54+,55+,56-,57-,58-,59-,60-,61-,64-,65+,66-,67-,68+,69-,70-,71-,72+,73-,74-,75+,76+,77-,78+,79-,80+,81-,82-,83-/m0/s1. The van der Waals surface area contributed by atoms with E-state index < -0.39 is 211 Å². The molecule has 116 heavy (non-hydrogen) atoms. The maximum absolute atomic E-state index is 13.6. The van der Waals surface area contributed by atoms with Crippen LogP contribution >= 0.6 is 0 Å². The number of methoxy groups -OCH3 is 3. The molecule has 0 unspecified atom stereocenters. The maximum Gasteiger partial charge on any atom is 0.308 e. The van der Waals surface area contributed by atoms with Crippen molar-refractivity contribution >= 4 is 11.9 Å². The van der Waals surface area contributed by atoms with E-state index in [1.54, 1.807) is 6.92 Å². The fraction of sp³-hybridized carbons (Fsp3) is 0.976. The molecule has 6 rings (SSSR count). The van der Waals surface area contributed by atoms with E-state index in [-0.39, 0.29) is 37.3 Å². The topological polar surface area (TPSA) is 496 Å². The Kier molecular flexibility index (Phi) is 50.7. The van der Waals surface area contributed by atoms with Crippen molar-refractivity contribution in [2.24, 2.45) is 0 Å². The number of unbranched alkanes of at least 4 members (excludes halogenated alkanes) is 26. The molecule has 0 amide bonds. The van der Waals surface area contributed by atoms with E-state index in [1.807, 2.05) is 6.92 Å². The van der Waals surface area contributed by atoms with Gasteiger partial charge in [0.05, 0.1) is 69.3 Å². The van der Waals surface area contributed by atoms with Gasteiger partial charge in [-0.1, -0.05) is 193 Å². The van der Waals surface area contributed by atoms with Gasteiger partial charge in [0, 0.05) is 21.3 Å². The Bertz CT molecular complexity index is 2520. The van der Waals surface area contributed by atoms with Crippen LogP contribution in [0.4, 0.5) is 0 Å². The number of hydrogen-bond donors (Lipinski definition) is 16. The number of aliphatic hydroxyl groups is 16. The van der Waals surface area contributed by atoms with Gasteiger partial charge in [0.2, 0.25) is 0 Å². The van der Waals surface area contributed by atoms with Crippen molar-refractivity contribution in [1.29, 1.82) is 0 Å². The Hall–Kier alpha value is -2.22.